The Hall–Kier alpha value is -3.60. The number of carboxylic acid groups (broad SMARTS) is 2. The molecule has 2 aromatic heterocycles. The number of ether oxygens (including phenoxy) is 1. The van der Waals surface area contributed by atoms with Crippen molar-refractivity contribution in [2.24, 2.45) is 0 Å². The Bertz CT molecular complexity index is 1240. The number of carboxylic acids is 2. The van der Waals surface area contributed by atoms with Gasteiger partial charge in [-0.2, -0.15) is 5.10 Å². The maximum absolute atomic E-state index is 9.10. The Morgan fingerprint density at radius 3 is 2.46 bits per heavy atom. The molecule has 1 aliphatic rings. The fourth-order valence-electron chi connectivity index (χ4n) is 3.85. The SMILES string of the molecule is CN1CCC(OC(c2cccc(-n3cccn3)c2)c2nc3ccccc3s2)CC1.O=C(O)C(=O)O. The van der Waals surface area contributed by atoms with Crippen molar-refractivity contribution in [1.29, 1.82) is 0 Å². The van der Waals surface area contributed by atoms with Crippen LogP contribution in [0.25, 0.3) is 15.9 Å². The van der Waals surface area contributed by atoms with E-state index in [1.165, 1.54) is 4.70 Å². The van der Waals surface area contributed by atoms with Crippen molar-refractivity contribution in [1.82, 2.24) is 19.7 Å². The summed E-state index contributed by atoms with van der Waals surface area (Å²) < 4.78 is 9.79. The molecule has 0 radical (unpaired) electrons. The number of hydrogen-bond donors (Lipinski definition) is 2. The van der Waals surface area contributed by atoms with Crippen LogP contribution in [0.5, 0.6) is 0 Å². The second-order valence-electron chi connectivity index (χ2n) is 8.19. The zero-order valence-corrected chi connectivity index (χ0v) is 20.0. The van der Waals surface area contributed by atoms with Gasteiger partial charge in [-0.1, -0.05) is 24.3 Å². The van der Waals surface area contributed by atoms with Crippen LogP contribution in [0.2, 0.25) is 0 Å². The van der Waals surface area contributed by atoms with Crippen LogP contribution in [0.1, 0.15) is 29.5 Å². The molecule has 2 aromatic carbocycles. The standard InChI is InChI=1S/C23H24N4OS.C2H2O4/c1-26-14-10-19(11-15-26)28-22(23-25-20-8-2-3-9-21(20)29-23)17-6-4-7-18(16-17)27-13-5-12-24-27;3-1(4)2(5)6/h2-9,12-13,16,19,22H,10-11,14-15H2,1H3;(H,3,4)(H,5,6). The lowest BCUT2D eigenvalue weighted by Crippen LogP contribution is -2.35. The van der Waals surface area contributed by atoms with E-state index >= 15 is 0 Å². The number of rotatable bonds is 5. The lowest BCUT2D eigenvalue weighted by molar-refractivity contribution is -0.159. The number of hydrogen-bond acceptors (Lipinski definition) is 7. The summed E-state index contributed by atoms with van der Waals surface area (Å²) in [5.41, 5.74) is 3.19. The molecule has 0 bridgehead atoms. The van der Waals surface area contributed by atoms with Crippen molar-refractivity contribution in [3.63, 3.8) is 0 Å². The van der Waals surface area contributed by atoms with Gasteiger partial charge in [-0.3, -0.25) is 0 Å². The molecule has 1 saturated heterocycles. The predicted octanol–water partition coefficient (Wildman–Crippen LogP) is 3.84. The average molecular weight is 495 g/mol. The molecule has 3 heterocycles. The molecule has 0 aliphatic carbocycles. The number of piperidine rings is 1. The van der Waals surface area contributed by atoms with Crippen LogP contribution in [-0.2, 0) is 14.3 Å². The second kappa shape index (κ2) is 11.2. The zero-order valence-electron chi connectivity index (χ0n) is 19.2. The van der Waals surface area contributed by atoms with Crippen molar-refractivity contribution in [2.45, 2.75) is 25.0 Å². The molecule has 9 nitrogen and oxygen atoms in total. The van der Waals surface area contributed by atoms with E-state index in [2.05, 4.69) is 59.5 Å². The molecule has 1 atom stereocenters. The predicted molar refractivity (Wildman–Crippen MR) is 132 cm³/mol. The number of aromatic nitrogens is 3. The molecule has 10 heteroatoms. The largest absolute Gasteiger partial charge is 0.473 e. The van der Waals surface area contributed by atoms with Gasteiger partial charge in [0, 0.05) is 25.5 Å². The number of aliphatic carboxylic acids is 2. The normalized spacial score (nSPS) is 15.3. The van der Waals surface area contributed by atoms with E-state index in [0.717, 1.165) is 47.7 Å². The second-order valence-corrected chi connectivity index (χ2v) is 9.26. The van der Waals surface area contributed by atoms with Crippen molar-refractivity contribution in [3.8, 4) is 5.69 Å². The first-order chi connectivity index (χ1) is 16.9. The molecule has 182 valence electrons. The number of benzene rings is 2. The van der Waals surface area contributed by atoms with Gasteiger partial charge in [-0.25, -0.2) is 19.3 Å². The third-order valence-corrected chi connectivity index (χ3v) is 6.73. The van der Waals surface area contributed by atoms with E-state index < -0.39 is 11.9 Å². The maximum Gasteiger partial charge on any atom is 0.414 e. The summed E-state index contributed by atoms with van der Waals surface area (Å²) in [4.78, 5) is 25.5. The minimum Gasteiger partial charge on any atom is -0.473 e. The van der Waals surface area contributed by atoms with Gasteiger partial charge >= 0.3 is 11.9 Å². The van der Waals surface area contributed by atoms with Gasteiger partial charge in [0.05, 0.1) is 22.0 Å². The highest BCUT2D eigenvalue weighted by Gasteiger charge is 2.26. The van der Waals surface area contributed by atoms with Crippen LogP contribution in [0, 0.1) is 0 Å². The molecule has 1 unspecified atom stereocenters. The van der Waals surface area contributed by atoms with Crippen LogP contribution in [0.3, 0.4) is 0 Å². The molecule has 4 aromatic rings. The molecular weight excluding hydrogens is 468 g/mol. The molecule has 2 N–H and O–H groups in total. The van der Waals surface area contributed by atoms with Gasteiger partial charge in [-0.15, -0.1) is 11.3 Å². The summed E-state index contributed by atoms with van der Waals surface area (Å²) >= 11 is 1.72. The van der Waals surface area contributed by atoms with Gasteiger partial charge in [0.2, 0.25) is 0 Å². The lowest BCUT2D eigenvalue weighted by atomic mass is 10.1. The van der Waals surface area contributed by atoms with Gasteiger partial charge in [0.1, 0.15) is 11.1 Å². The van der Waals surface area contributed by atoms with Crippen molar-refractivity contribution in [3.05, 3.63) is 77.6 Å². The van der Waals surface area contributed by atoms with Crippen LogP contribution < -0.4 is 0 Å². The smallest absolute Gasteiger partial charge is 0.414 e. The number of carbonyl (C=O) groups is 2. The first kappa shape index (κ1) is 24.5. The Morgan fingerprint density at radius 2 is 1.80 bits per heavy atom. The van der Waals surface area contributed by atoms with Crippen LogP contribution in [-0.4, -0.2) is 68.1 Å². The van der Waals surface area contributed by atoms with Crippen molar-refractivity contribution >= 4 is 33.5 Å². The number of likely N-dealkylation sites (tertiary alicyclic amines) is 1. The minimum absolute atomic E-state index is 0.170. The minimum atomic E-state index is -1.82. The molecule has 0 amide bonds. The summed E-state index contributed by atoms with van der Waals surface area (Å²) in [6.07, 6.45) is 5.94. The molecule has 5 rings (SSSR count). The van der Waals surface area contributed by atoms with Gasteiger partial charge in [-0.05, 0) is 55.8 Å². The maximum atomic E-state index is 9.10. The number of thiazole rings is 1. The topological polar surface area (TPSA) is 118 Å². The molecule has 1 fully saturated rings. The number of para-hydroxylation sites is 1. The first-order valence-electron chi connectivity index (χ1n) is 11.2. The van der Waals surface area contributed by atoms with E-state index in [9.17, 15) is 0 Å². The first-order valence-corrected chi connectivity index (χ1v) is 12.0. The molecule has 0 saturated carbocycles. The average Bonchev–Trinajstić information content (AvgIpc) is 3.54. The summed E-state index contributed by atoms with van der Waals surface area (Å²) in [5, 5.41) is 20.2. The fourth-order valence-corrected chi connectivity index (χ4v) is 4.88. The quantitative estimate of drug-likeness (QED) is 0.402. The summed E-state index contributed by atoms with van der Waals surface area (Å²) in [7, 11) is 2.18. The Labute approximate surface area is 206 Å². The molecular formula is C25H26N4O5S. The highest BCUT2D eigenvalue weighted by Crippen LogP contribution is 2.35. The zero-order chi connectivity index (χ0) is 24.8. The third-order valence-electron chi connectivity index (χ3n) is 5.65. The Balaban J connectivity index is 0.000000431. The van der Waals surface area contributed by atoms with E-state index in [4.69, 9.17) is 29.5 Å². The number of nitrogens with zero attached hydrogens (tertiary/aromatic N) is 4. The lowest BCUT2D eigenvalue weighted by Gasteiger charge is -2.31. The highest BCUT2D eigenvalue weighted by molar-refractivity contribution is 7.18. The van der Waals surface area contributed by atoms with Crippen LogP contribution in [0.15, 0.2) is 67.0 Å². The van der Waals surface area contributed by atoms with E-state index in [0.29, 0.717) is 0 Å². The highest BCUT2D eigenvalue weighted by atomic mass is 32.1. The van der Waals surface area contributed by atoms with E-state index in [-0.39, 0.29) is 12.2 Å². The van der Waals surface area contributed by atoms with Gasteiger partial charge < -0.3 is 19.8 Å². The van der Waals surface area contributed by atoms with Gasteiger partial charge in [0.25, 0.3) is 0 Å². The van der Waals surface area contributed by atoms with Crippen molar-refractivity contribution < 1.29 is 24.5 Å². The summed E-state index contributed by atoms with van der Waals surface area (Å²) in [5.74, 6) is -3.65. The van der Waals surface area contributed by atoms with E-state index in [1.54, 1.807) is 17.5 Å². The third kappa shape index (κ3) is 6.30. The molecule has 1 aliphatic heterocycles. The monoisotopic (exact) mass is 494 g/mol. The summed E-state index contributed by atoms with van der Waals surface area (Å²) in [6.45, 7) is 2.15. The van der Waals surface area contributed by atoms with E-state index in [1.807, 2.05) is 23.0 Å². The molecule has 0 spiro atoms. The summed E-state index contributed by atoms with van der Waals surface area (Å²) in [6, 6.07) is 18.7. The van der Waals surface area contributed by atoms with Crippen LogP contribution >= 0.6 is 11.3 Å². The fraction of sp³-hybridized carbons (Fsp3) is 0.280. The Kier molecular flexibility index (Phi) is 7.86. The number of fused-ring (bicyclic) bond motifs is 1. The van der Waals surface area contributed by atoms with Crippen molar-refractivity contribution in [2.75, 3.05) is 20.1 Å². The Morgan fingerprint density at radius 1 is 1.06 bits per heavy atom. The van der Waals surface area contributed by atoms with Crippen LogP contribution in [0.4, 0.5) is 0 Å². The molecule has 35 heavy (non-hydrogen) atoms. The van der Waals surface area contributed by atoms with Gasteiger partial charge in [0.15, 0.2) is 0 Å².